The topological polar surface area (TPSA) is 27.7 Å². The van der Waals surface area contributed by atoms with Crippen molar-refractivity contribution < 1.29 is 13.9 Å². The van der Waals surface area contributed by atoms with E-state index < -0.39 is 8.32 Å². The van der Waals surface area contributed by atoms with Crippen molar-refractivity contribution in [2.24, 2.45) is 0 Å². The van der Waals surface area contributed by atoms with E-state index in [0.29, 0.717) is 0 Å². The first-order chi connectivity index (χ1) is 14.5. The Morgan fingerprint density at radius 2 is 1.60 bits per heavy atom. The van der Waals surface area contributed by atoms with E-state index in [4.69, 9.17) is 13.9 Å². The molecule has 30 heavy (non-hydrogen) atoms. The van der Waals surface area contributed by atoms with Gasteiger partial charge in [-0.1, -0.05) is 56.5 Å². The molecule has 0 heterocycles. The Labute approximate surface area is 183 Å². The third kappa shape index (κ3) is 7.10. The van der Waals surface area contributed by atoms with Gasteiger partial charge in [-0.15, -0.1) is 0 Å². The van der Waals surface area contributed by atoms with Gasteiger partial charge in [0.15, 0.2) is 0 Å². The highest BCUT2D eigenvalue weighted by molar-refractivity contribution is 6.85. The van der Waals surface area contributed by atoms with Crippen LogP contribution in [0.5, 0.6) is 5.75 Å². The molecular formula is C26H36O3Si. The van der Waals surface area contributed by atoms with Crippen LogP contribution in [0.3, 0.4) is 0 Å². The van der Waals surface area contributed by atoms with Crippen molar-refractivity contribution in [3.05, 3.63) is 78.1 Å². The highest BCUT2D eigenvalue weighted by Gasteiger charge is 2.29. The molecule has 3 nitrogen and oxygen atoms in total. The lowest BCUT2D eigenvalue weighted by molar-refractivity contribution is 0.337. The normalized spacial score (nSPS) is 12.6. The van der Waals surface area contributed by atoms with Crippen LogP contribution in [-0.2, 0) is 9.16 Å². The largest absolute Gasteiger partial charge is 0.539 e. The van der Waals surface area contributed by atoms with Crippen LogP contribution in [-0.4, -0.2) is 22.5 Å². The minimum Gasteiger partial charge on any atom is -0.539 e. The average molecular weight is 425 g/mol. The fourth-order valence-corrected chi connectivity index (χ4v) is 5.24. The molecule has 0 spiro atoms. The van der Waals surface area contributed by atoms with Crippen LogP contribution in [0.2, 0.25) is 13.1 Å². The van der Waals surface area contributed by atoms with Crippen molar-refractivity contribution in [1.82, 2.24) is 0 Å². The summed E-state index contributed by atoms with van der Waals surface area (Å²) in [5.41, 5.74) is 2.24. The molecule has 0 saturated carbocycles. The standard InChI is InChI=1S/C26H36O3Si/c1-6-7-8-10-13-22(20-21-27-2)26(23-16-18-24(28-3)19-17-23)29-30(4,5)25-14-11-9-12-15-25/h9,11-12,14-21H,6-8,10,13H2,1-5H3/b21-20+,26-22-. The molecule has 0 fully saturated rings. The lowest BCUT2D eigenvalue weighted by Crippen LogP contribution is -2.44. The molecule has 0 N–H and O–H groups in total. The summed E-state index contributed by atoms with van der Waals surface area (Å²) in [7, 11) is 1.20. The monoisotopic (exact) mass is 424 g/mol. The average Bonchev–Trinajstić information content (AvgIpc) is 2.78. The predicted molar refractivity (Wildman–Crippen MR) is 129 cm³/mol. The van der Waals surface area contributed by atoms with Gasteiger partial charge >= 0.3 is 0 Å². The van der Waals surface area contributed by atoms with Gasteiger partial charge in [-0.05, 0) is 67.0 Å². The zero-order valence-corrected chi connectivity index (χ0v) is 20.1. The van der Waals surface area contributed by atoms with Crippen molar-refractivity contribution in [2.75, 3.05) is 14.2 Å². The summed E-state index contributed by atoms with van der Waals surface area (Å²) in [6.07, 6.45) is 9.59. The number of allylic oxidation sites excluding steroid dienone is 2. The Morgan fingerprint density at radius 1 is 0.900 bits per heavy atom. The van der Waals surface area contributed by atoms with Gasteiger partial charge < -0.3 is 13.9 Å². The smallest absolute Gasteiger partial charge is 0.276 e. The van der Waals surface area contributed by atoms with E-state index in [1.54, 1.807) is 20.5 Å². The maximum absolute atomic E-state index is 6.87. The van der Waals surface area contributed by atoms with Gasteiger partial charge in [0.05, 0.1) is 20.5 Å². The maximum atomic E-state index is 6.87. The molecule has 0 aliphatic rings. The quantitative estimate of drug-likeness (QED) is 0.165. The fraction of sp³-hybridized carbons (Fsp3) is 0.385. The van der Waals surface area contributed by atoms with E-state index in [-0.39, 0.29) is 0 Å². The van der Waals surface area contributed by atoms with Crippen molar-refractivity contribution in [2.45, 2.75) is 52.1 Å². The summed E-state index contributed by atoms with van der Waals surface area (Å²) in [4.78, 5) is 0. The Hall–Kier alpha value is -2.46. The minimum atomic E-state index is -2.17. The summed E-state index contributed by atoms with van der Waals surface area (Å²) in [5, 5.41) is 1.28. The number of unbranched alkanes of at least 4 members (excludes halogenated alkanes) is 3. The number of hydrogen-bond donors (Lipinski definition) is 0. The Kier molecular flexibility index (Phi) is 9.75. The van der Waals surface area contributed by atoms with E-state index in [9.17, 15) is 0 Å². The van der Waals surface area contributed by atoms with Crippen LogP contribution in [0.15, 0.2) is 72.5 Å². The molecule has 0 aliphatic carbocycles. The molecule has 0 atom stereocenters. The Morgan fingerprint density at radius 3 is 2.20 bits per heavy atom. The van der Waals surface area contributed by atoms with E-state index in [0.717, 1.165) is 29.9 Å². The molecule has 0 bridgehead atoms. The third-order valence-electron chi connectivity index (χ3n) is 5.18. The number of rotatable bonds is 12. The molecule has 2 rings (SSSR count). The summed E-state index contributed by atoms with van der Waals surface area (Å²) in [5.74, 6) is 1.79. The van der Waals surface area contributed by atoms with E-state index in [1.807, 2.05) is 12.1 Å². The maximum Gasteiger partial charge on any atom is 0.276 e. The van der Waals surface area contributed by atoms with Gasteiger partial charge in [-0.25, -0.2) is 0 Å². The molecule has 4 heteroatoms. The van der Waals surface area contributed by atoms with Crippen LogP contribution in [0.4, 0.5) is 0 Å². The van der Waals surface area contributed by atoms with Crippen molar-refractivity contribution in [1.29, 1.82) is 0 Å². The first-order valence-electron chi connectivity index (χ1n) is 10.8. The van der Waals surface area contributed by atoms with Gasteiger partial charge in [0, 0.05) is 5.56 Å². The molecule has 2 aromatic rings. The van der Waals surface area contributed by atoms with Gasteiger partial charge in [-0.3, -0.25) is 0 Å². The summed E-state index contributed by atoms with van der Waals surface area (Å²) < 4.78 is 17.5. The second-order valence-electron chi connectivity index (χ2n) is 7.91. The van der Waals surface area contributed by atoms with Gasteiger partial charge in [0.1, 0.15) is 11.5 Å². The molecule has 0 aliphatic heterocycles. The number of benzene rings is 2. The van der Waals surface area contributed by atoms with Gasteiger partial charge in [0.25, 0.3) is 8.32 Å². The SMILES string of the molecule is CCCCCCC(/C=C/OC)=C(/O[Si](C)(C)c1ccccc1)c1ccc(OC)cc1. The van der Waals surface area contributed by atoms with Gasteiger partial charge in [0.2, 0.25) is 0 Å². The molecule has 0 saturated heterocycles. The molecule has 2 aromatic carbocycles. The fourth-order valence-electron chi connectivity index (χ4n) is 3.37. The highest BCUT2D eigenvalue weighted by atomic mass is 28.4. The third-order valence-corrected chi connectivity index (χ3v) is 7.61. The van der Waals surface area contributed by atoms with Crippen molar-refractivity contribution in [3.63, 3.8) is 0 Å². The molecule has 0 unspecified atom stereocenters. The van der Waals surface area contributed by atoms with Crippen molar-refractivity contribution >= 4 is 19.3 Å². The first kappa shape index (κ1) is 23.8. The van der Waals surface area contributed by atoms with Crippen LogP contribution >= 0.6 is 0 Å². The Balaban J connectivity index is 2.47. The number of methoxy groups -OCH3 is 2. The van der Waals surface area contributed by atoms with E-state index >= 15 is 0 Å². The van der Waals surface area contributed by atoms with E-state index in [1.165, 1.54) is 30.0 Å². The predicted octanol–water partition coefficient (Wildman–Crippen LogP) is 6.67. The summed E-state index contributed by atoms with van der Waals surface area (Å²) >= 11 is 0. The van der Waals surface area contributed by atoms with Crippen LogP contribution in [0.25, 0.3) is 5.76 Å². The summed E-state index contributed by atoms with van der Waals surface area (Å²) in [6.45, 7) is 6.74. The molecule has 162 valence electrons. The Bertz CT molecular complexity index is 808. The van der Waals surface area contributed by atoms with Crippen LogP contribution < -0.4 is 9.92 Å². The lowest BCUT2D eigenvalue weighted by Gasteiger charge is -2.28. The van der Waals surface area contributed by atoms with E-state index in [2.05, 4.69) is 68.6 Å². The highest BCUT2D eigenvalue weighted by Crippen LogP contribution is 2.30. The molecule has 0 aromatic heterocycles. The second kappa shape index (κ2) is 12.3. The molecule has 0 radical (unpaired) electrons. The first-order valence-corrected chi connectivity index (χ1v) is 13.7. The van der Waals surface area contributed by atoms with Crippen LogP contribution in [0, 0.1) is 0 Å². The zero-order valence-electron chi connectivity index (χ0n) is 19.1. The van der Waals surface area contributed by atoms with Crippen molar-refractivity contribution in [3.8, 4) is 5.75 Å². The number of ether oxygens (including phenoxy) is 2. The van der Waals surface area contributed by atoms with Crippen LogP contribution in [0.1, 0.15) is 44.6 Å². The second-order valence-corrected chi connectivity index (χ2v) is 11.7. The minimum absolute atomic E-state index is 0.842. The molecular weight excluding hydrogens is 388 g/mol. The lowest BCUT2D eigenvalue weighted by atomic mass is 10.0. The molecule has 0 amide bonds. The zero-order chi connectivity index (χ0) is 21.8. The van der Waals surface area contributed by atoms with Gasteiger partial charge in [-0.2, -0.15) is 0 Å². The number of hydrogen-bond acceptors (Lipinski definition) is 3. The summed E-state index contributed by atoms with van der Waals surface area (Å²) in [6, 6.07) is 18.7.